The van der Waals surface area contributed by atoms with Gasteiger partial charge in [-0.1, -0.05) is 0 Å². The molecule has 6 rings (SSSR count). The van der Waals surface area contributed by atoms with Gasteiger partial charge in [0.1, 0.15) is 23.8 Å². The molecule has 1 N–H and O–H groups in total. The number of anilines is 4. The summed E-state index contributed by atoms with van der Waals surface area (Å²) in [6.45, 7) is 5.24. The van der Waals surface area contributed by atoms with Crippen LogP contribution < -0.4 is 15.1 Å². The number of nitrogens with zero attached hydrogens (tertiary/aromatic N) is 7. The molecule has 3 aromatic rings. The molecule has 172 valence electrons. The molecule has 2 fully saturated rings. The molecule has 0 radical (unpaired) electrons. The molecule has 0 amide bonds. The van der Waals surface area contributed by atoms with Crippen molar-refractivity contribution >= 4 is 23.4 Å². The van der Waals surface area contributed by atoms with E-state index in [0.717, 1.165) is 56.5 Å². The zero-order valence-electron chi connectivity index (χ0n) is 18.5. The van der Waals surface area contributed by atoms with Crippen molar-refractivity contribution in [3.05, 3.63) is 47.9 Å². The van der Waals surface area contributed by atoms with Gasteiger partial charge < -0.3 is 15.1 Å². The van der Waals surface area contributed by atoms with Crippen molar-refractivity contribution in [2.24, 2.45) is 11.8 Å². The summed E-state index contributed by atoms with van der Waals surface area (Å²) in [5.74, 6) is 1.97. The van der Waals surface area contributed by atoms with Crippen LogP contribution in [0.3, 0.4) is 0 Å². The number of benzene rings is 1. The maximum Gasteiger partial charge on any atom is 0.244 e. The van der Waals surface area contributed by atoms with Crippen molar-refractivity contribution in [3.63, 3.8) is 0 Å². The van der Waals surface area contributed by atoms with Crippen LogP contribution in [-0.2, 0) is 6.54 Å². The van der Waals surface area contributed by atoms with Crippen LogP contribution in [0.2, 0.25) is 0 Å². The van der Waals surface area contributed by atoms with E-state index < -0.39 is 11.6 Å². The van der Waals surface area contributed by atoms with E-state index in [9.17, 15) is 8.78 Å². The van der Waals surface area contributed by atoms with Gasteiger partial charge in [0.15, 0.2) is 0 Å². The van der Waals surface area contributed by atoms with Crippen molar-refractivity contribution in [2.45, 2.75) is 38.8 Å². The van der Waals surface area contributed by atoms with Gasteiger partial charge in [-0.25, -0.2) is 23.4 Å². The molecule has 8 nitrogen and oxygen atoms in total. The van der Waals surface area contributed by atoms with Gasteiger partial charge >= 0.3 is 0 Å². The molecule has 2 aromatic heterocycles. The minimum absolute atomic E-state index is 0.300. The van der Waals surface area contributed by atoms with Crippen molar-refractivity contribution in [2.75, 3.05) is 34.8 Å². The molecule has 33 heavy (non-hydrogen) atoms. The van der Waals surface area contributed by atoms with Crippen LogP contribution in [0.1, 0.15) is 25.0 Å². The Morgan fingerprint density at radius 1 is 0.970 bits per heavy atom. The van der Waals surface area contributed by atoms with Crippen molar-refractivity contribution in [1.82, 2.24) is 24.7 Å². The first-order valence-electron chi connectivity index (χ1n) is 11.5. The van der Waals surface area contributed by atoms with Gasteiger partial charge in [0.05, 0.1) is 0 Å². The summed E-state index contributed by atoms with van der Waals surface area (Å²) in [4.78, 5) is 17.6. The number of hydrogen-bond donors (Lipinski definition) is 1. The zero-order valence-corrected chi connectivity index (χ0v) is 18.5. The summed E-state index contributed by atoms with van der Waals surface area (Å²) in [6.07, 6.45) is 4.78. The Balaban J connectivity index is 1.21. The molecule has 1 saturated heterocycles. The Hall–Kier alpha value is -3.30. The van der Waals surface area contributed by atoms with Gasteiger partial charge in [0.25, 0.3) is 0 Å². The first-order chi connectivity index (χ1) is 16.0. The molecule has 10 heteroatoms. The summed E-state index contributed by atoms with van der Waals surface area (Å²) in [5, 5.41) is 8.28. The standard InChI is InChI=1S/C23H26F2N8/c1-14-7-20(27-13-26-14)31-11-15-3-4-16(12-31)21(15)28-22-29-23-32(5-2-6-33(23)30-22)19-9-17(24)8-18(25)10-19/h7-10,13,15-16,21H,2-6,11-12H2,1H3,(H,28,30)/t15-,16+,21+. The summed E-state index contributed by atoms with van der Waals surface area (Å²) in [6, 6.07) is 5.91. The predicted octanol–water partition coefficient (Wildman–Crippen LogP) is 3.52. The quantitative estimate of drug-likeness (QED) is 0.649. The molecule has 0 unspecified atom stereocenters. The summed E-state index contributed by atoms with van der Waals surface area (Å²) in [7, 11) is 0. The molecule has 1 aliphatic carbocycles. The van der Waals surface area contributed by atoms with Crippen LogP contribution in [0.15, 0.2) is 30.6 Å². The van der Waals surface area contributed by atoms with Gasteiger partial charge in [-0.2, -0.15) is 4.98 Å². The maximum atomic E-state index is 13.8. The van der Waals surface area contributed by atoms with Crippen LogP contribution in [0, 0.1) is 30.4 Å². The lowest BCUT2D eigenvalue weighted by Crippen LogP contribution is -2.48. The molecule has 0 spiro atoms. The van der Waals surface area contributed by atoms with Crippen LogP contribution >= 0.6 is 0 Å². The number of nitrogens with one attached hydrogen (secondary N) is 1. The topological polar surface area (TPSA) is 75.0 Å². The third kappa shape index (κ3) is 3.77. The Bertz CT molecular complexity index is 1150. The van der Waals surface area contributed by atoms with Crippen LogP contribution in [0.5, 0.6) is 0 Å². The average Bonchev–Trinajstić information content (AvgIpc) is 3.29. The fraction of sp³-hybridized carbons (Fsp3) is 0.478. The van der Waals surface area contributed by atoms with E-state index in [0.29, 0.717) is 42.0 Å². The number of hydrogen-bond acceptors (Lipinski definition) is 7. The van der Waals surface area contributed by atoms with E-state index in [-0.39, 0.29) is 0 Å². The molecule has 2 aliphatic heterocycles. The summed E-state index contributed by atoms with van der Waals surface area (Å²) in [5.41, 5.74) is 1.43. The highest BCUT2D eigenvalue weighted by molar-refractivity contribution is 5.59. The molecular weight excluding hydrogens is 426 g/mol. The lowest BCUT2D eigenvalue weighted by Gasteiger charge is -2.38. The zero-order chi connectivity index (χ0) is 22.5. The Kier molecular flexibility index (Phi) is 4.88. The highest BCUT2D eigenvalue weighted by atomic mass is 19.1. The van der Waals surface area contributed by atoms with Crippen LogP contribution in [0.4, 0.5) is 32.2 Å². The first-order valence-corrected chi connectivity index (χ1v) is 11.5. The second-order valence-electron chi connectivity index (χ2n) is 9.28. The molecular formula is C23H26F2N8. The van der Waals surface area contributed by atoms with Crippen molar-refractivity contribution in [3.8, 4) is 0 Å². The fourth-order valence-electron chi connectivity index (χ4n) is 5.57. The minimum atomic E-state index is -0.595. The van der Waals surface area contributed by atoms with E-state index >= 15 is 0 Å². The normalized spacial score (nSPS) is 24.2. The minimum Gasteiger partial charge on any atom is -0.356 e. The number of fused-ring (bicyclic) bond motifs is 3. The van der Waals surface area contributed by atoms with E-state index in [1.54, 1.807) is 6.33 Å². The monoisotopic (exact) mass is 452 g/mol. The first kappa shape index (κ1) is 20.3. The van der Waals surface area contributed by atoms with E-state index in [4.69, 9.17) is 4.98 Å². The summed E-state index contributed by atoms with van der Waals surface area (Å²) >= 11 is 0. The fourth-order valence-corrected chi connectivity index (χ4v) is 5.57. The molecule has 1 saturated carbocycles. The lowest BCUT2D eigenvalue weighted by atomic mass is 9.92. The highest BCUT2D eigenvalue weighted by Gasteiger charge is 2.43. The third-order valence-corrected chi connectivity index (χ3v) is 7.05. The third-order valence-electron chi connectivity index (χ3n) is 7.05. The van der Waals surface area contributed by atoms with E-state index in [2.05, 4.69) is 25.3 Å². The van der Waals surface area contributed by atoms with Crippen LogP contribution in [-0.4, -0.2) is 50.4 Å². The van der Waals surface area contributed by atoms with Gasteiger partial charge in [0.2, 0.25) is 11.9 Å². The molecule has 2 bridgehead atoms. The van der Waals surface area contributed by atoms with Gasteiger partial charge in [-0.05, 0) is 50.2 Å². The lowest BCUT2D eigenvalue weighted by molar-refractivity contribution is 0.374. The number of rotatable bonds is 4. The van der Waals surface area contributed by atoms with Gasteiger partial charge in [0, 0.05) is 55.7 Å². The molecule has 4 heterocycles. The average molecular weight is 453 g/mol. The van der Waals surface area contributed by atoms with E-state index in [1.807, 2.05) is 22.6 Å². The van der Waals surface area contributed by atoms with Crippen LogP contribution in [0.25, 0.3) is 0 Å². The van der Waals surface area contributed by atoms with Gasteiger partial charge in [-0.15, -0.1) is 5.10 Å². The van der Waals surface area contributed by atoms with Crippen molar-refractivity contribution in [1.29, 1.82) is 0 Å². The number of piperidine rings is 1. The number of aryl methyl sites for hydroxylation is 2. The summed E-state index contributed by atoms with van der Waals surface area (Å²) < 4.78 is 29.4. The largest absolute Gasteiger partial charge is 0.356 e. The maximum absolute atomic E-state index is 13.8. The highest BCUT2D eigenvalue weighted by Crippen LogP contribution is 2.40. The Morgan fingerprint density at radius 3 is 2.45 bits per heavy atom. The molecule has 3 atom stereocenters. The van der Waals surface area contributed by atoms with E-state index in [1.165, 1.54) is 12.1 Å². The number of halogens is 2. The van der Waals surface area contributed by atoms with Gasteiger partial charge in [-0.3, -0.25) is 0 Å². The SMILES string of the molecule is Cc1cc(N2C[C@H]3CC[C@@H](C2)[C@H]3Nc2nc3n(n2)CCCN3c2cc(F)cc(F)c2)ncn1. The molecule has 1 aromatic carbocycles. The van der Waals surface area contributed by atoms with Crippen molar-refractivity contribution < 1.29 is 8.78 Å². The second kappa shape index (κ2) is 7.93. The smallest absolute Gasteiger partial charge is 0.244 e. The Labute approximate surface area is 190 Å². The predicted molar refractivity (Wildman–Crippen MR) is 121 cm³/mol. The Morgan fingerprint density at radius 2 is 1.73 bits per heavy atom. The number of aromatic nitrogens is 5. The second-order valence-corrected chi connectivity index (χ2v) is 9.28. The molecule has 3 aliphatic rings.